The molecule has 0 amide bonds. The molecule has 0 aliphatic carbocycles. The van der Waals surface area contributed by atoms with Gasteiger partial charge in [-0.3, -0.25) is 9.11 Å². The minimum atomic E-state index is -4.67. The van der Waals surface area contributed by atoms with E-state index in [1.807, 2.05) is 12.1 Å². The molecule has 0 bridgehead atoms. The Morgan fingerprint density at radius 3 is 2.39 bits per heavy atom. The van der Waals surface area contributed by atoms with Crippen molar-refractivity contribution in [1.82, 2.24) is 4.90 Å². The summed E-state index contributed by atoms with van der Waals surface area (Å²) in [6.45, 7) is 1.03. The molecule has 1 heterocycles. The molecule has 28 heavy (non-hydrogen) atoms. The maximum absolute atomic E-state index is 8.74. The standard InChI is InChI=1S/C19H20ClNOS.H2O4S/c1-21(2)10-6-8-13-14-7-4-5-9-18(14)23-19-12-17(22-3)16(20)11-15(13)19;1-5(2,3)4/h4-5,7-9,11-12H,6,10H2,1-3H3;(H2,1,2,3,4)/b13-8-;. The van der Waals surface area contributed by atoms with Gasteiger partial charge in [0.1, 0.15) is 5.75 Å². The van der Waals surface area contributed by atoms with Crippen molar-refractivity contribution < 1.29 is 22.3 Å². The van der Waals surface area contributed by atoms with Gasteiger partial charge in [0.2, 0.25) is 0 Å². The average Bonchev–Trinajstić information content (AvgIpc) is 2.59. The van der Waals surface area contributed by atoms with Crippen LogP contribution in [0.2, 0.25) is 5.02 Å². The molecule has 0 spiro atoms. The fraction of sp³-hybridized carbons (Fsp3) is 0.263. The second kappa shape index (κ2) is 9.78. The fourth-order valence-electron chi connectivity index (χ4n) is 2.71. The Morgan fingerprint density at radius 1 is 1.14 bits per heavy atom. The van der Waals surface area contributed by atoms with Crippen LogP contribution in [0.5, 0.6) is 5.75 Å². The summed E-state index contributed by atoms with van der Waals surface area (Å²) in [5.41, 5.74) is 3.74. The minimum absolute atomic E-state index is 0.657. The van der Waals surface area contributed by atoms with Crippen LogP contribution < -0.4 is 4.74 Å². The highest BCUT2D eigenvalue weighted by Gasteiger charge is 2.22. The summed E-state index contributed by atoms with van der Waals surface area (Å²) in [5.74, 6) is 0.727. The number of ether oxygens (including phenoxy) is 1. The van der Waals surface area contributed by atoms with E-state index >= 15 is 0 Å². The van der Waals surface area contributed by atoms with Crippen molar-refractivity contribution in [2.45, 2.75) is 16.2 Å². The van der Waals surface area contributed by atoms with E-state index in [-0.39, 0.29) is 0 Å². The molecule has 2 N–H and O–H groups in total. The third-order valence-corrected chi connectivity index (χ3v) is 5.30. The lowest BCUT2D eigenvalue weighted by Crippen LogP contribution is -2.12. The highest BCUT2D eigenvalue weighted by molar-refractivity contribution is 7.99. The Kier molecular flexibility index (Phi) is 7.94. The molecule has 2 aromatic carbocycles. The largest absolute Gasteiger partial charge is 0.495 e. The molecule has 0 radical (unpaired) electrons. The van der Waals surface area contributed by atoms with Crippen LogP contribution in [0.4, 0.5) is 0 Å². The topological polar surface area (TPSA) is 87.1 Å². The second-order valence-corrected chi connectivity index (χ2v) is 8.63. The van der Waals surface area contributed by atoms with Crippen molar-refractivity contribution in [2.24, 2.45) is 0 Å². The third-order valence-electron chi connectivity index (χ3n) is 3.87. The first-order valence-electron chi connectivity index (χ1n) is 8.30. The lowest BCUT2D eigenvalue weighted by molar-refractivity contribution is 0.381. The van der Waals surface area contributed by atoms with E-state index in [1.165, 1.54) is 26.5 Å². The number of benzene rings is 2. The molecule has 0 fully saturated rings. The quantitative estimate of drug-likeness (QED) is 0.572. The van der Waals surface area contributed by atoms with Gasteiger partial charge in [-0.25, -0.2) is 0 Å². The SMILES string of the molecule is COc1cc2c(cc1Cl)/C(=C\CCN(C)C)c1ccccc1S2.O=S(=O)(O)O. The van der Waals surface area contributed by atoms with Crippen LogP contribution in [0, 0.1) is 0 Å². The maximum atomic E-state index is 8.74. The Morgan fingerprint density at radius 2 is 1.79 bits per heavy atom. The molecule has 1 aliphatic rings. The number of hydrogen-bond acceptors (Lipinski definition) is 5. The van der Waals surface area contributed by atoms with E-state index in [4.69, 9.17) is 33.9 Å². The zero-order valence-corrected chi connectivity index (χ0v) is 18.1. The summed E-state index contributed by atoms with van der Waals surface area (Å²) < 4.78 is 37.0. The van der Waals surface area contributed by atoms with E-state index in [9.17, 15) is 0 Å². The Bertz CT molecular complexity index is 966. The molecule has 0 atom stereocenters. The lowest BCUT2D eigenvalue weighted by Gasteiger charge is -2.23. The van der Waals surface area contributed by atoms with E-state index in [0.29, 0.717) is 5.02 Å². The number of hydrogen-bond donors (Lipinski definition) is 2. The Balaban J connectivity index is 0.000000500. The maximum Gasteiger partial charge on any atom is 0.394 e. The number of methoxy groups -OCH3 is 1. The number of rotatable bonds is 4. The van der Waals surface area contributed by atoms with Gasteiger partial charge in [0.25, 0.3) is 0 Å². The summed E-state index contributed by atoms with van der Waals surface area (Å²) in [5, 5.41) is 0.657. The first-order chi connectivity index (χ1) is 13.1. The molecule has 152 valence electrons. The van der Waals surface area contributed by atoms with Crippen LogP contribution in [0.1, 0.15) is 17.5 Å². The summed E-state index contributed by atoms with van der Waals surface area (Å²) in [6, 6.07) is 12.6. The van der Waals surface area contributed by atoms with Crippen LogP contribution in [-0.4, -0.2) is 50.2 Å². The molecule has 0 saturated carbocycles. The molecule has 1 aliphatic heterocycles. The van der Waals surface area contributed by atoms with Gasteiger partial charge in [-0.1, -0.05) is 47.6 Å². The lowest BCUT2D eigenvalue weighted by atomic mass is 9.96. The minimum Gasteiger partial charge on any atom is -0.495 e. The molecular formula is C19H22ClNO5S2. The van der Waals surface area contributed by atoms with E-state index in [0.717, 1.165) is 18.7 Å². The van der Waals surface area contributed by atoms with Crippen molar-refractivity contribution in [1.29, 1.82) is 0 Å². The van der Waals surface area contributed by atoms with Gasteiger partial charge in [0, 0.05) is 16.3 Å². The number of nitrogens with zero attached hydrogens (tertiary/aromatic N) is 1. The monoisotopic (exact) mass is 443 g/mol. The van der Waals surface area contributed by atoms with Gasteiger partial charge in [-0.15, -0.1) is 0 Å². The van der Waals surface area contributed by atoms with Gasteiger partial charge >= 0.3 is 10.4 Å². The third kappa shape index (κ3) is 6.51. The number of fused-ring (bicyclic) bond motifs is 2. The van der Waals surface area contributed by atoms with Gasteiger partial charge in [-0.05, 0) is 55.4 Å². The Hall–Kier alpha value is -1.55. The van der Waals surface area contributed by atoms with Crippen LogP contribution in [0.25, 0.3) is 5.57 Å². The zero-order valence-electron chi connectivity index (χ0n) is 15.7. The first-order valence-corrected chi connectivity index (χ1v) is 10.9. The fourth-order valence-corrected chi connectivity index (χ4v) is 4.07. The summed E-state index contributed by atoms with van der Waals surface area (Å²) in [6.07, 6.45) is 3.32. The molecule has 0 unspecified atom stereocenters. The van der Waals surface area contributed by atoms with Gasteiger partial charge in [-0.2, -0.15) is 8.42 Å². The molecular weight excluding hydrogens is 422 g/mol. The highest BCUT2D eigenvalue weighted by atomic mass is 35.5. The van der Waals surface area contributed by atoms with Gasteiger partial charge in [0.15, 0.2) is 0 Å². The van der Waals surface area contributed by atoms with Crippen molar-refractivity contribution in [3.05, 3.63) is 58.6 Å². The molecule has 3 rings (SSSR count). The average molecular weight is 444 g/mol. The van der Waals surface area contributed by atoms with E-state index in [1.54, 1.807) is 18.9 Å². The number of halogens is 1. The summed E-state index contributed by atoms with van der Waals surface area (Å²) in [7, 11) is 1.18. The van der Waals surface area contributed by atoms with Crippen molar-refractivity contribution >= 4 is 39.3 Å². The normalized spacial score (nSPS) is 14.2. The Labute approximate surface area is 174 Å². The van der Waals surface area contributed by atoms with E-state index < -0.39 is 10.4 Å². The van der Waals surface area contributed by atoms with Crippen molar-refractivity contribution in [3.8, 4) is 5.75 Å². The zero-order chi connectivity index (χ0) is 20.9. The molecule has 6 nitrogen and oxygen atoms in total. The highest BCUT2D eigenvalue weighted by Crippen LogP contribution is 2.48. The predicted octanol–water partition coefficient (Wildman–Crippen LogP) is 4.54. The molecule has 0 saturated heterocycles. The van der Waals surface area contributed by atoms with Crippen LogP contribution in [0.3, 0.4) is 0 Å². The van der Waals surface area contributed by atoms with Gasteiger partial charge in [0.05, 0.1) is 12.1 Å². The summed E-state index contributed by atoms with van der Waals surface area (Å²) in [4.78, 5) is 4.67. The predicted molar refractivity (Wildman–Crippen MR) is 113 cm³/mol. The second-order valence-electron chi connectivity index (χ2n) is 6.24. The van der Waals surface area contributed by atoms with Crippen molar-refractivity contribution in [3.63, 3.8) is 0 Å². The smallest absolute Gasteiger partial charge is 0.394 e. The van der Waals surface area contributed by atoms with Crippen molar-refractivity contribution in [2.75, 3.05) is 27.7 Å². The first kappa shape index (κ1) is 22.7. The van der Waals surface area contributed by atoms with Gasteiger partial charge < -0.3 is 9.64 Å². The molecule has 2 aromatic rings. The van der Waals surface area contributed by atoms with Crippen LogP contribution in [0.15, 0.2) is 52.3 Å². The van der Waals surface area contributed by atoms with Crippen LogP contribution >= 0.6 is 23.4 Å². The van der Waals surface area contributed by atoms with Crippen LogP contribution in [-0.2, 0) is 10.4 Å². The van der Waals surface area contributed by atoms with E-state index in [2.05, 4.69) is 49.3 Å². The molecule has 9 heteroatoms. The molecule has 0 aromatic heterocycles. The summed E-state index contributed by atoms with van der Waals surface area (Å²) >= 11 is 8.14.